The molecule has 0 spiro atoms. The Morgan fingerprint density at radius 1 is 1.11 bits per heavy atom. The minimum atomic E-state index is 0.673. The van der Waals surface area contributed by atoms with Crippen molar-refractivity contribution in [1.82, 2.24) is 4.98 Å². The van der Waals surface area contributed by atoms with Crippen LogP contribution >= 0.6 is 22.9 Å². The van der Waals surface area contributed by atoms with E-state index in [0.717, 1.165) is 33.2 Å². The summed E-state index contributed by atoms with van der Waals surface area (Å²) in [7, 11) is 3.25. The predicted molar refractivity (Wildman–Crippen MR) is 113 cm³/mol. The number of anilines is 1. The zero-order chi connectivity index (χ0) is 19.4. The van der Waals surface area contributed by atoms with Gasteiger partial charge in [-0.2, -0.15) is 5.10 Å². The average molecular weight is 402 g/mol. The molecule has 5 nitrogen and oxygen atoms in total. The van der Waals surface area contributed by atoms with Crippen molar-refractivity contribution in [2.45, 2.75) is 13.8 Å². The van der Waals surface area contributed by atoms with E-state index in [9.17, 15) is 0 Å². The van der Waals surface area contributed by atoms with E-state index >= 15 is 0 Å². The van der Waals surface area contributed by atoms with Crippen molar-refractivity contribution in [3.05, 3.63) is 57.9 Å². The molecule has 0 aliphatic rings. The number of nitrogens with one attached hydrogen (secondary N) is 1. The summed E-state index contributed by atoms with van der Waals surface area (Å²) >= 11 is 7.43. The molecule has 0 amide bonds. The standard InChI is InChI=1S/C20H20ClN3O2S/c1-12-9-18(25-3)19(26-4)10-16(12)13(2)23-24-20-22-17(11-27-20)14-5-7-15(21)8-6-14/h5-11H,1-4H3,(H,22,24)/b23-13-. The first-order valence-corrected chi connectivity index (χ1v) is 9.52. The van der Waals surface area contributed by atoms with E-state index in [0.29, 0.717) is 16.5 Å². The second kappa shape index (κ2) is 8.41. The van der Waals surface area contributed by atoms with Crippen molar-refractivity contribution in [3.63, 3.8) is 0 Å². The summed E-state index contributed by atoms with van der Waals surface area (Å²) in [5.41, 5.74) is 7.80. The van der Waals surface area contributed by atoms with Gasteiger partial charge in [-0.05, 0) is 43.7 Å². The van der Waals surface area contributed by atoms with E-state index in [2.05, 4.69) is 15.5 Å². The van der Waals surface area contributed by atoms with Gasteiger partial charge in [-0.25, -0.2) is 4.98 Å². The van der Waals surface area contributed by atoms with E-state index in [1.165, 1.54) is 11.3 Å². The van der Waals surface area contributed by atoms with Gasteiger partial charge in [-0.1, -0.05) is 23.7 Å². The summed E-state index contributed by atoms with van der Waals surface area (Å²) in [5.74, 6) is 1.37. The van der Waals surface area contributed by atoms with Crippen molar-refractivity contribution in [1.29, 1.82) is 0 Å². The van der Waals surface area contributed by atoms with Crippen LogP contribution in [0.25, 0.3) is 11.3 Å². The van der Waals surface area contributed by atoms with E-state index < -0.39 is 0 Å². The van der Waals surface area contributed by atoms with Gasteiger partial charge in [0.1, 0.15) is 0 Å². The summed E-state index contributed by atoms with van der Waals surface area (Å²) in [6.07, 6.45) is 0. The van der Waals surface area contributed by atoms with Crippen LogP contribution in [-0.4, -0.2) is 24.9 Å². The largest absolute Gasteiger partial charge is 0.493 e. The number of thiazole rings is 1. The molecule has 0 saturated carbocycles. The second-order valence-corrected chi connectivity index (χ2v) is 7.17. The monoisotopic (exact) mass is 401 g/mol. The quantitative estimate of drug-likeness (QED) is 0.430. The Hall–Kier alpha value is -2.57. The first kappa shape index (κ1) is 19.2. The smallest absolute Gasteiger partial charge is 0.203 e. The molecule has 0 aliphatic heterocycles. The van der Waals surface area contributed by atoms with Crippen LogP contribution < -0.4 is 14.9 Å². The van der Waals surface area contributed by atoms with Crippen LogP contribution in [0.3, 0.4) is 0 Å². The first-order chi connectivity index (χ1) is 13.0. The average Bonchev–Trinajstić information content (AvgIpc) is 3.15. The molecule has 1 N–H and O–H groups in total. The highest BCUT2D eigenvalue weighted by molar-refractivity contribution is 7.14. The van der Waals surface area contributed by atoms with E-state index in [4.69, 9.17) is 21.1 Å². The fourth-order valence-corrected chi connectivity index (χ4v) is 3.43. The third kappa shape index (κ3) is 4.40. The third-order valence-corrected chi connectivity index (χ3v) is 5.08. The van der Waals surface area contributed by atoms with Gasteiger partial charge in [0, 0.05) is 21.5 Å². The lowest BCUT2D eigenvalue weighted by atomic mass is 10.0. The van der Waals surface area contributed by atoms with Crippen molar-refractivity contribution >= 4 is 33.8 Å². The fourth-order valence-electron chi connectivity index (χ4n) is 2.64. The zero-order valence-corrected chi connectivity index (χ0v) is 17.1. The Kier molecular flexibility index (Phi) is 5.98. The number of nitrogens with zero attached hydrogens (tertiary/aromatic N) is 2. The van der Waals surface area contributed by atoms with Gasteiger partial charge in [0.25, 0.3) is 0 Å². The molecule has 0 atom stereocenters. The normalized spacial score (nSPS) is 11.4. The van der Waals surface area contributed by atoms with Gasteiger partial charge in [0.2, 0.25) is 5.13 Å². The minimum absolute atomic E-state index is 0.673. The van der Waals surface area contributed by atoms with Gasteiger partial charge >= 0.3 is 0 Å². The Balaban J connectivity index is 1.79. The van der Waals surface area contributed by atoms with E-state index in [1.807, 2.05) is 55.6 Å². The molecule has 3 rings (SSSR count). The molecule has 0 radical (unpaired) electrons. The Morgan fingerprint density at radius 2 is 1.78 bits per heavy atom. The lowest BCUT2D eigenvalue weighted by molar-refractivity contribution is 0.354. The molecular weight excluding hydrogens is 382 g/mol. The lowest BCUT2D eigenvalue weighted by Gasteiger charge is -2.12. The molecule has 27 heavy (non-hydrogen) atoms. The second-order valence-electron chi connectivity index (χ2n) is 5.88. The van der Waals surface area contributed by atoms with Crippen LogP contribution in [0.5, 0.6) is 11.5 Å². The number of benzene rings is 2. The summed E-state index contributed by atoms with van der Waals surface area (Å²) in [6, 6.07) is 11.5. The molecular formula is C20H20ClN3O2S. The summed E-state index contributed by atoms with van der Waals surface area (Å²) in [6.45, 7) is 3.95. The number of methoxy groups -OCH3 is 2. The molecule has 3 aromatic rings. The molecule has 1 aromatic heterocycles. The van der Waals surface area contributed by atoms with Crippen LogP contribution in [0.1, 0.15) is 18.1 Å². The maximum Gasteiger partial charge on any atom is 0.203 e. The fraction of sp³-hybridized carbons (Fsp3) is 0.200. The number of aromatic nitrogens is 1. The number of hydrogen-bond acceptors (Lipinski definition) is 6. The van der Waals surface area contributed by atoms with Gasteiger partial charge in [0.15, 0.2) is 11.5 Å². The Labute approximate surface area is 167 Å². The molecule has 2 aromatic carbocycles. The van der Waals surface area contributed by atoms with Crippen molar-refractivity contribution in [2.24, 2.45) is 5.10 Å². The summed E-state index contributed by atoms with van der Waals surface area (Å²) < 4.78 is 10.7. The third-order valence-electron chi connectivity index (χ3n) is 4.08. The van der Waals surface area contributed by atoms with Crippen LogP contribution in [0.15, 0.2) is 46.9 Å². The van der Waals surface area contributed by atoms with Gasteiger partial charge < -0.3 is 9.47 Å². The van der Waals surface area contributed by atoms with Gasteiger partial charge in [0.05, 0.1) is 25.6 Å². The first-order valence-electron chi connectivity index (χ1n) is 8.26. The molecule has 0 aliphatic carbocycles. The number of halogens is 1. The van der Waals surface area contributed by atoms with Gasteiger partial charge in [-0.3, -0.25) is 5.43 Å². The van der Waals surface area contributed by atoms with Crippen LogP contribution in [0.4, 0.5) is 5.13 Å². The summed E-state index contributed by atoms with van der Waals surface area (Å²) in [5, 5.41) is 7.88. The maximum atomic E-state index is 5.94. The van der Waals surface area contributed by atoms with Gasteiger partial charge in [-0.15, -0.1) is 11.3 Å². The summed E-state index contributed by atoms with van der Waals surface area (Å²) in [4.78, 5) is 4.57. The van der Waals surface area contributed by atoms with Crippen molar-refractivity contribution in [3.8, 4) is 22.8 Å². The number of rotatable bonds is 6. The van der Waals surface area contributed by atoms with Crippen LogP contribution in [0.2, 0.25) is 5.02 Å². The molecule has 1 heterocycles. The van der Waals surface area contributed by atoms with E-state index in [1.54, 1.807) is 14.2 Å². The molecule has 0 fully saturated rings. The Morgan fingerprint density at radius 3 is 2.44 bits per heavy atom. The minimum Gasteiger partial charge on any atom is -0.493 e. The van der Waals surface area contributed by atoms with Crippen LogP contribution in [-0.2, 0) is 0 Å². The molecule has 0 unspecified atom stereocenters. The van der Waals surface area contributed by atoms with Crippen molar-refractivity contribution < 1.29 is 9.47 Å². The number of hydrogen-bond donors (Lipinski definition) is 1. The number of ether oxygens (including phenoxy) is 2. The molecule has 0 saturated heterocycles. The highest BCUT2D eigenvalue weighted by Gasteiger charge is 2.11. The highest BCUT2D eigenvalue weighted by Crippen LogP contribution is 2.31. The maximum absolute atomic E-state index is 5.94. The molecule has 7 heteroatoms. The molecule has 0 bridgehead atoms. The zero-order valence-electron chi connectivity index (χ0n) is 15.5. The molecule has 140 valence electrons. The van der Waals surface area contributed by atoms with Crippen LogP contribution in [0, 0.1) is 6.92 Å². The lowest BCUT2D eigenvalue weighted by Crippen LogP contribution is -2.03. The Bertz CT molecular complexity index is 968. The number of aryl methyl sites for hydroxylation is 1. The van der Waals surface area contributed by atoms with E-state index in [-0.39, 0.29) is 0 Å². The highest BCUT2D eigenvalue weighted by atomic mass is 35.5. The van der Waals surface area contributed by atoms with Crippen molar-refractivity contribution in [2.75, 3.05) is 19.6 Å². The predicted octanol–water partition coefficient (Wildman–Crippen LogP) is 5.63. The number of hydrazone groups is 1. The SMILES string of the molecule is COc1cc(C)c(/C(C)=N\Nc2nc(-c3ccc(Cl)cc3)cs2)cc1OC. The topological polar surface area (TPSA) is 55.7 Å².